The number of aliphatic hydroxyl groups is 1. The molecule has 0 radical (unpaired) electrons. The van der Waals surface area contributed by atoms with Gasteiger partial charge in [0.25, 0.3) is 0 Å². The van der Waals surface area contributed by atoms with Gasteiger partial charge in [0, 0.05) is 0 Å². The summed E-state index contributed by atoms with van der Waals surface area (Å²) in [5.41, 5.74) is 0. The van der Waals surface area contributed by atoms with Gasteiger partial charge in [-0.2, -0.15) is 0 Å². The highest BCUT2D eigenvalue weighted by molar-refractivity contribution is 9.41. The van der Waals surface area contributed by atoms with E-state index in [1.165, 1.54) is 0 Å². The second-order valence-corrected chi connectivity index (χ2v) is 11.9. The van der Waals surface area contributed by atoms with Crippen molar-refractivity contribution in [3.05, 3.63) is 0 Å². The van der Waals surface area contributed by atoms with Crippen molar-refractivity contribution >= 4 is 79.6 Å². The minimum absolute atomic E-state index is 0.0469. The summed E-state index contributed by atoms with van der Waals surface area (Å²) in [6, 6.07) is 0. The average molecular weight is 455 g/mol. The Morgan fingerprint density at radius 3 is 1.33 bits per heavy atom. The van der Waals surface area contributed by atoms with E-state index in [0.29, 0.717) is 0 Å². The predicted octanol–water partition coefficient (Wildman–Crippen LogP) is 3.30. The van der Waals surface area contributed by atoms with Crippen LogP contribution in [0.15, 0.2) is 0 Å². The van der Waals surface area contributed by atoms with Gasteiger partial charge in [-0.25, -0.2) is 0 Å². The van der Waals surface area contributed by atoms with Crippen LogP contribution in [0.25, 0.3) is 0 Å². The molecule has 0 saturated heterocycles. The third kappa shape index (κ3) is 3.51. The van der Waals surface area contributed by atoms with Crippen LogP contribution in [0.2, 0.25) is 0 Å². The topological polar surface area (TPSA) is 20.2 Å². The molecule has 0 fully saturated rings. The Labute approximate surface area is 95.6 Å². The Bertz CT molecular complexity index is 94.9. The summed E-state index contributed by atoms with van der Waals surface area (Å²) >= 11 is 16.2. The molecule has 9 heavy (non-hydrogen) atoms. The van der Waals surface area contributed by atoms with Crippen LogP contribution in [-0.2, 0) is 0 Å². The van der Waals surface area contributed by atoms with Crippen LogP contribution in [0.4, 0.5) is 0 Å². The third-order valence-electron chi connectivity index (χ3n) is 0.613. The normalized spacial score (nSPS) is 14.0. The van der Waals surface area contributed by atoms with Crippen LogP contribution < -0.4 is 0 Å². The first-order valence-electron chi connectivity index (χ1n) is 1.86. The molecular weight excluding hydrogens is 452 g/mol. The van der Waals surface area contributed by atoms with Gasteiger partial charge in [-0.1, -0.05) is 79.6 Å². The second kappa shape index (κ2) is 3.85. The molecule has 0 saturated carbocycles. The number of hydrogen-bond acceptors (Lipinski definition) is 1. The Morgan fingerprint density at radius 1 is 1.00 bits per heavy atom. The molecule has 0 rings (SSSR count). The van der Waals surface area contributed by atoms with Crippen molar-refractivity contribution in [2.75, 3.05) is 6.61 Å². The van der Waals surface area contributed by atoms with Crippen molar-refractivity contribution in [2.24, 2.45) is 0 Å². The van der Waals surface area contributed by atoms with Gasteiger partial charge in [0.1, 0.15) is 3.23 Å². The van der Waals surface area contributed by atoms with Crippen LogP contribution in [0.1, 0.15) is 0 Å². The SMILES string of the molecule is OCC(Br)(Br)C(Br)(Br)Br. The maximum Gasteiger partial charge on any atom is 0.162 e. The highest BCUT2D eigenvalue weighted by Gasteiger charge is 2.42. The lowest BCUT2D eigenvalue weighted by molar-refractivity contribution is 0.293. The Hall–Kier alpha value is 2.36. The van der Waals surface area contributed by atoms with Crippen molar-refractivity contribution in [1.29, 1.82) is 0 Å². The van der Waals surface area contributed by atoms with E-state index in [0.717, 1.165) is 0 Å². The summed E-state index contributed by atoms with van der Waals surface area (Å²) in [5.74, 6) is 0. The molecule has 1 nitrogen and oxygen atoms in total. The largest absolute Gasteiger partial charge is 0.394 e. The molecule has 0 unspecified atom stereocenters. The third-order valence-corrected chi connectivity index (χ3v) is 7.53. The van der Waals surface area contributed by atoms with E-state index in [-0.39, 0.29) is 6.61 Å². The monoisotopic (exact) mass is 450 g/mol. The minimum Gasteiger partial charge on any atom is -0.394 e. The smallest absolute Gasteiger partial charge is 0.162 e. The zero-order valence-corrected chi connectivity index (χ0v) is 12.0. The molecule has 0 heterocycles. The summed E-state index contributed by atoms with van der Waals surface area (Å²) in [5, 5.41) is 8.75. The molecule has 0 aromatic carbocycles. The summed E-state index contributed by atoms with van der Waals surface area (Å²) in [7, 11) is 0. The number of aliphatic hydroxyl groups excluding tert-OH is 1. The summed E-state index contributed by atoms with van der Waals surface area (Å²) in [6.07, 6.45) is 0. The number of halogens is 5. The summed E-state index contributed by atoms with van der Waals surface area (Å²) < 4.78 is -1.12. The van der Waals surface area contributed by atoms with Crippen molar-refractivity contribution in [2.45, 2.75) is 5.38 Å². The molecule has 0 aliphatic rings. The van der Waals surface area contributed by atoms with Crippen molar-refractivity contribution in [3.8, 4) is 0 Å². The molecule has 6 heteroatoms. The Balaban J connectivity index is 4.14. The zero-order valence-electron chi connectivity index (χ0n) is 4.04. The molecule has 0 aliphatic carbocycles. The number of alkyl halides is 5. The molecule has 0 atom stereocenters. The van der Waals surface area contributed by atoms with Crippen molar-refractivity contribution in [1.82, 2.24) is 0 Å². The highest BCUT2D eigenvalue weighted by atomic mass is 80.0. The highest BCUT2D eigenvalue weighted by Crippen LogP contribution is 2.52. The van der Waals surface area contributed by atoms with Crippen LogP contribution in [0.3, 0.4) is 0 Å². The zero-order chi connectivity index (χ0) is 7.71. The molecule has 0 bridgehead atoms. The minimum atomic E-state index is -0.590. The predicted molar refractivity (Wildman–Crippen MR) is 57.2 cm³/mol. The lowest BCUT2D eigenvalue weighted by atomic mass is 10.5. The molecule has 0 aromatic rings. The van der Waals surface area contributed by atoms with Gasteiger partial charge in [0.05, 0.1) is 6.61 Å². The van der Waals surface area contributed by atoms with Crippen LogP contribution >= 0.6 is 79.6 Å². The van der Waals surface area contributed by atoms with Gasteiger partial charge in [0.15, 0.2) is 2.14 Å². The van der Waals surface area contributed by atoms with Gasteiger partial charge < -0.3 is 5.11 Å². The quantitative estimate of drug-likeness (QED) is 0.603. The first-order chi connectivity index (χ1) is 3.81. The van der Waals surface area contributed by atoms with Crippen LogP contribution in [0, 0.1) is 0 Å². The van der Waals surface area contributed by atoms with E-state index in [4.69, 9.17) is 5.11 Å². The fraction of sp³-hybridized carbons (Fsp3) is 1.00. The van der Waals surface area contributed by atoms with Gasteiger partial charge in [-0.05, 0) is 0 Å². The van der Waals surface area contributed by atoms with E-state index < -0.39 is 5.38 Å². The Kier molecular flexibility index (Phi) is 4.86. The average Bonchev–Trinajstić information content (AvgIpc) is 1.64. The fourth-order valence-electron chi connectivity index (χ4n) is 0.0896. The molecular formula is C3H3Br5O. The molecule has 1 N–H and O–H groups in total. The molecule has 0 aromatic heterocycles. The standard InChI is InChI=1S/C3H3Br5O/c4-2(5,1-9)3(6,7)8/h9H,1H2. The van der Waals surface area contributed by atoms with Crippen molar-refractivity contribution < 1.29 is 5.11 Å². The van der Waals surface area contributed by atoms with Gasteiger partial charge >= 0.3 is 0 Å². The Morgan fingerprint density at radius 2 is 1.33 bits per heavy atom. The van der Waals surface area contributed by atoms with Crippen molar-refractivity contribution in [3.63, 3.8) is 0 Å². The van der Waals surface area contributed by atoms with E-state index >= 15 is 0 Å². The first kappa shape index (κ1) is 11.4. The van der Waals surface area contributed by atoms with E-state index in [2.05, 4.69) is 79.6 Å². The summed E-state index contributed by atoms with van der Waals surface area (Å²) in [6.45, 7) is -0.0469. The van der Waals surface area contributed by atoms with E-state index in [9.17, 15) is 0 Å². The van der Waals surface area contributed by atoms with Crippen LogP contribution in [-0.4, -0.2) is 17.1 Å². The number of hydrogen-bond donors (Lipinski definition) is 1. The molecule has 0 amide bonds. The van der Waals surface area contributed by atoms with Gasteiger partial charge in [-0.15, -0.1) is 0 Å². The summed E-state index contributed by atoms with van der Waals surface area (Å²) in [4.78, 5) is 0. The molecule has 56 valence electrons. The van der Waals surface area contributed by atoms with E-state index in [1.54, 1.807) is 0 Å². The lowest BCUT2D eigenvalue weighted by Gasteiger charge is -2.26. The van der Waals surface area contributed by atoms with Crippen LogP contribution in [0.5, 0.6) is 0 Å². The molecule has 0 spiro atoms. The first-order valence-corrected chi connectivity index (χ1v) is 5.83. The fourth-order valence-corrected chi connectivity index (χ4v) is 0.466. The second-order valence-electron chi connectivity index (χ2n) is 1.36. The maximum absolute atomic E-state index is 8.75. The van der Waals surface area contributed by atoms with Gasteiger partial charge in [-0.3, -0.25) is 0 Å². The maximum atomic E-state index is 8.75. The lowest BCUT2D eigenvalue weighted by Crippen LogP contribution is -2.31. The number of rotatable bonds is 1. The van der Waals surface area contributed by atoms with Gasteiger partial charge in [0.2, 0.25) is 0 Å². The molecule has 0 aliphatic heterocycles. The van der Waals surface area contributed by atoms with E-state index in [1.807, 2.05) is 0 Å².